The Balaban J connectivity index is 2.64. The van der Waals surface area contributed by atoms with E-state index in [1.165, 1.54) is 7.11 Å². The van der Waals surface area contributed by atoms with Crippen LogP contribution < -0.4 is 11.1 Å². The van der Waals surface area contributed by atoms with Crippen molar-refractivity contribution in [3.8, 4) is 0 Å². The number of anilines is 1. The number of rotatable bonds is 3. The number of carbonyl (C=O) groups excluding carboxylic acids is 2. The van der Waals surface area contributed by atoms with Crippen molar-refractivity contribution < 1.29 is 14.3 Å². The summed E-state index contributed by atoms with van der Waals surface area (Å²) in [5.41, 5.74) is 6.35. The monoisotopic (exact) mass is 208 g/mol. The quantitative estimate of drug-likeness (QED) is 0.724. The Hall–Kier alpha value is -2.04. The summed E-state index contributed by atoms with van der Waals surface area (Å²) in [6.45, 7) is 0. The van der Waals surface area contributed by atoms with Crippen molar-refractivity contribution in [3.05, 3.63) is 29.8 Å². The van der Waals surface area contributed by atoms with Crippen molar-refractivity contribution in [2.75, 3.05) is 12.4 Å². The van der Waals surface area contributed by atoms with Gasteiger partial charge in [-0.3, -0.25) is 4.79 Å². The van der Waals surface area contributed by atoms with Crippen LogP contribution in [0.5, 0.6) is 0 Å². The minimum absolute atomic E-state index is 0.216. The number of benzene rings is 1. The maximum absolute atomic E-state index is 10.9. The Morgan fingerprint density at radius 1 is 1.33 bits per heavy atom. The van der Waals surface area contributed by atoms with Crippen LogP contribution in [0.25, 0.3) is 0 Å². The fourth-order valence-electron chi connectivity index (χ4n) is 1.09. The van der Waals surface area contributed by atoms with Gasteiger partial charge in [-0.2, -0.15) is 0 Å². The normalized spacial score (nSPS) is 9.40. The summed E-state index contributed by atoms with van der Waals surface area (Å²) in [5, 5.41) is 2.42. The second-order valence-electron chi connectivity index (χ2n) is 2.94. The molecule has 0 fully saturated rings. The van der Waals surface area contributed by atoms with Crippen LogP contribution in [0.2, 0.25) is 0 Å². The van der Waals surface area contributed by atoms with E-state index in [9.17, 15) is 9.59 Å². The molecule has 0 heterocycles. The third-order valence-electron chi connectivity index (χ3n) is 1.80. The van der Waals surface area contributed by atoms with Gasteiger partial charge in [0.25, 0.3) is 0 Å². The number of carbonyl (C=O) groups is 2. The maximum Gasteiger partial charge on any atom is 0.316 e. The molecule has 0 spiro atoms. The third-order valence-corrected chi connectivity index (χ3v) is 1.80. The zero-order valence-electron chi connectivity index (χ0n) is 8.32. The number of ether oxygens (including phenoxy) is 1. The standard InChI is InChI=1S/C10H12N2O3/c1-15-9(13)6-7-2-4-8(5-3-7)12-10(11)14/h2-5H,6H2,1H3,(H3,11,12,14). The number of primary amides is 1. The van der Waals surface area contributed by atoms with Gasteiger partial charge in [0.15, 0.2) is 0 Å². The van der Waals surface area contributed by atoms with E-state index in [0.717, 1.165) is 5.56 Å². The topological polar surface area (TPSA) is 81.4 Å². The summed E-state index contributed by atoms with van der Waals surface area (Å²) >= 11 is 0. The van der Waals surface area contributed by atoms with Gasteiger partial charge in [0.1, 0.15) is 0 Å². The minimum Gasteiger partial charge on any atom is -0.469 e. The number of methoxy groups -OCH3 is 1. The molecule has 5 heteroatoms. The first-order valence-corrected chi connectivity index (χ1v) is 4.34. The van der Waals surface area contributed by atoms with E-state index in [4.69, 9.17) is 5.73 Å². The molecular formula is C10H12N2O3. The van der Waals surface area contributed by atoms with Crippen molar-refractivity contribution >= 4 is 17.7 Å². The van der Waals surface area contributed by atoms with Gasteiger partial charge in [-0.15, -0.1) is 0 Å². The molecule has 2 amide bonds. The molecule has 1 aromatic carbocycles. The fraction of sp³-hybridized carbons (Fsp3) is 0.200. The van der Waals surface area contributed by atoms with E-state index in [0.29, 0.717) is 5.69 Å². The van der Waals surface area contributed by atoms with Gasteiger partial charge in [-0.05, 0) is 17.7 Å². The average molecular weight is 208 g/mol. The van der Waals surface area contributed by atoms with E-state index in [-0.39, 0.29) is 12.4 Å². The Bertz CT molecular complexity index is 359. The Morgan fingerprint density at radius 2 is 1.93 bits per heavy atom. The zero-order valence-corrected chi connectivity index (χ0v) is 8.32. The molecular weight excluding hydrogens is 196 g/mol. The predicted octanol–water partition coefficient (Wildman–Crippen LogP) is 0.893. The number of nitrogens with two attached hydrogens (primary N) is 1. The van der Waals surface area contributed by atoms with E-state index in [1.54, 1.807) is 24.3 Å². The minimum atomic E-state index is -0.615. The van der Waals surface area contributed by atoms with E-state index in [1.807, 2.05) is 0 Å². The third kappa shape index (κ3) is 3.68. The SMILES string of the molecule is COC(=O)Cc1ccc(NC(N)=O)cc1. The summed E-state index contributed by atoms with van der Waals surface area (Å²) in [6.07, 6.45) is 0.216. The van der Waals surface area contributed by atoms with Crippen LogP contribution >= 0.6 is 0 Å². The number of amides is 2. The number of nitrogens with one attached hydrogen (secondary N) is 1. The summed E-state index contributed by atoms with van der Waals surface area (Å²) in [7, 11) is 1.34. The molecule has 1 rings (SSSR count). The second kappa shape index (κ2) is 4.99. The average Bonchev–Trinajstić information content (AvgIpc) is 2.20. The molecule has 80 valence electrons. The largest absolute Gasteiger partial charge is 0.469 e. The molecule has 0 saturated carbocycles. The molecule has 0 unspecified atom stereocenters. The molecule has 0 aliphatic carbocycles. The van der Waals surface area contributed by atoms with Crippen molar-refractivity contribution in [2.45, 2.75) is 6.42 Å². The second-order valence-corrected chi connectivity index (χ2v) is 2.94. The lowest BCUT2D eigenvalue weighted by Gasteiger charge is -2.03. The van der Waals surface area contributed by atoms with Crippen LogP contribution in [0.4, 0.5) is 10.5 Å². The number of esters is 1. The molecule has 0 atom stereocenters. The lowest BCUT2D eigenvalue weighted by Crippen LogP contribution is -2.19. The molecule has 15 heavy (non-hydrogen) atoms. The molecule has 0 bridgehead atoms. The molecule has 0 saturated heterocycles. The highest BCUT2D eigenvalue weighted by Crippen LogP contribution is 2.09. The lowest BCUT2D eigenvalue weighted by molar-refractivity contribution is -0.139. The zero-order chi connectivity index (χ0) is 11.3. The molecule has 0 aromatic heterocycles. The Morgan fingerprint density at radius 3 is 2.40 bits per heavy atom. The molecule has 1 aromatic rings. The number of hydrogen-bond acceptors (Lipinski definition) is 3. The highest BCUT2D eigenvalue weighted by Gasteiger charge is 2.02. The van der Waals surface area contributed by atoms with Gasteiger partial charge < -0.3 is 15.8 Å². The van der Waals surface area contributed by atoms with Crippen LogP contribution in [-0.4, -0.2) is 19.1 Å². The van der Waals surface area contributed by atoms with Crippen LogP contribution in [-0.2, 0) is 16.0 Å². The molecule has 0 aliphatic heterocycles. The summed E-state index contributed by atoms with van der Waals surface area (Å²) in [4.78, 5) is 21.4. The summed E-state index contributed by atoms with van der Waals surface area (Å²) in [5.74, 6) is -0.300. The van der Waals surface area contributed by atoms with Gasteiger partial charge in [0.2, 0.25) is 0 Å². The molecule has 0 aliphatic rings. The first kappa shape index (κ1) is 11.0. The highest BCUT2D eigenvalue weighted by molar-refractivity contribution is 5.87. The highest BCUT2D eigenvalue weighted by atomic mass is 16.5. The van der Waals surface area contributed by atoms with Gasteiger partial charge in [0, 0.05) is 5.69 Å². The van der Waals surface area contributed by atoms with Gasteiger partial charge in [0.05, 0.1) is 13.5 Å². The van der Waals surface area contributed by atoms with Crippen molar-refractivity contribution in [3.63, 3.8) is 0 Å². The number of hydrogen-bond donors (Lipinski definition) is 2. The fourth-order valence-corrected chi connectivity index (χ4v) is 1.09. The summed E-state index contributed by atoms with van der Waals surface area (Å²) < 4.78 is 4.52. The van der Waals surface area contributed by atoms with E-state index < -0.39 is 6.03 Å². The first-order chi connectivity index (χ1) is 7.11. The van der Waals surface area contributed by atoms with E-state index >= 15 is 0 Å². The summed E-state index contributed by atoms with van der Waals surface area (Å²) in [6, 6.07) is 6.17. The number of urea groups is 1. The predicted molar refractivity (Wildman–Crippen MR) is 55.4 cm³/mol. The Labute approximate surface area is 87.2 Å². The van der Waals surface area contributed by atoms with Gasteiger partial charge >= 0.3 is 12.0 Å². The first-order valence-electron chi connectivity index (χ1n) is 4.34. The molecule has 0 radical (unpaired) electrons. The van der Waals surface area contributed by atoms with Gasteiger partial charge in [-0.1, -0.05) is 12.1 Å². The smallest absolute Gasteiger partial charge is 0.316 e. The Kier molecular flexibility index (Phi) is 3.68. The van der Waals surface area contributed by atoms with Gasteiger partial charge in [-0.25, -0.2) is 4.79 Å². The molecule has 3 N–H and O–H groups in total. The van der Waals surface area contributed by atoms with E-state index in [2.05, 4.69) is 10.1 Å². The maximum atomic E-state index is 10.9. The lowest BCUT2D eigenvalue weighted by atomic mass is 10.1. The van der Waals surface area contributed by atoms with Crippen molar-refractivity contribution in [1.29, 1.82) is 0 Å². The van der Waals surface area contributed by atoms with Crippen LogP contribution in [0.1, 0.15) is 5.56 Å². The van der Waals surface area contributed by atoms with Crippen LogP contribution in [0, 0.1) is 0 Å². The van der Waals surface area contributed by atoms with Crippen molar-refractivity contribution in [1.82, 2.24) is 0 Å². The van der Waals surface area contributed by atoms with Crippen molar-refractivity contribution in [2.24, 2.45) is 5.73 Å². The van der Waals surface area contributed by atoms with Crippen LogP contribution in [0.3, 0.4) is 0 Å². The van der Waals surface area contributed by atoms with Crippen LogP contribution in [0.15, 0.2) is 24.3 Å². The molecule has 5 nitrogen and oxygen atoms in total.